The van der Waals surface area contributed by atoms with Gasteiger partial charge in [-0.25, -0.2) is 9.59 Å². The second-order valence-corrected chi connectivity index (χ2v) is 1.76. The Morgan fingerprint density at radius 1 is 0.786 bits per heavy atom. The Hall–Kier alpha value is -0.145. The second kappa shape index (κ2) is 5.67. The van der Waals surface area contributed by atoms with Crippen molar-refractivity contribution in [2.75, 3.05) is 0 Å². The Balaban J connectivity index is -0.000000605. The van der Waals surface area contributed by atoms with Crippen LogP contribution in [0.5, 0.6) is 0 Å². The average Bonchev–Trinajstić information content (AvgIpc) is 1.86. The fourth-order valence-electron chi connectivity index (χ4n) is 0.269. The molecule has 0 bridgehead atoms. The molecule has 0 spiro atoms. The molecular formula is C4H4F4Li2O4. The number of carbonyl (C=O) groups is 2. The Kier molecular flexibility index (Phi) is 7.87. The van der Waals surface area contributed by atoms with Gasteiger partial charge in [-0.1, -0.05) is 0 Å². The first-order valence-electron chi connectivity index (χ1n) is 2.36. The van der Waals surface area contributed by atoms with Crippen molar-refractivity contribution in [1.29, 1.82) is 0 Å². The first kappa shape index (κ1) is 19.4. The van der Waals surface area contributed by atoms with E-state index in [1.165, 1.54) is 0 Å². The molecule has 0 aromatic carbocycles. The Bertz CT molecular complexity index is 207. The van der Waals surface area contributed by atoms with Gasteiger partial charge in [-0.3, -0.25) is 0 Å². The van der Waals surface area contributed by atoms with Crippen LogP contribution in [0.3, 0.4) is 0 Å². The monoisotopic (exact) mass is 206 g/mol. The predicted molar refractivity (Wildman–Crippen MR) is 39.5 cm³/mol. The standard InChI is InChI=1S/C4H2F4O4.2Li.2H/c5-3(6,1(9)10)4(7,8)2(11)12;;;;/h(H,9,10)(H,11,12);;;;. The Morgan fingerprint density at radius 2 is 0.929 bits per heavy atom. The van der Waals surface area contributed by atoms with Gasteiger partial charge in [0, 0.05) is 0 Å². The molecule has 0 heterocycles. The molecule has 0 unspecified atom stereocenters. The van der Waals surface area contributed by atoms with E-state index >= 15 is 0 Å². The molecule has 0 aliphatic heterocycles. The van der Waals surface area contributed by atoms with Crippen LogP contribution in [0.15, 0.2) is 0 Å². The van der Waals surface area contributed by atoms with Gasteiger partial charge in [0.15, 0.2) is 0 Å². The molecule has 0 aliphatic rings. The fraction of sp³-hybridized carbons (Fsp3) is 0.500. The third kappa shape index (κ3) is 3.21. The minimum atomic E-state index is -5.60. The SMILES string of the molecule is O=C(O)C(F)(F)C(F)(F)C(=O)O.[LiH].[LiH]. The van der Waals surface area contributed by atoms with E-state index in [0.29, 0.717) is 0 Å². The summed E-state index contributed by atoms with van der Waals surface area (Å²) in [6.45, 7) is 0. The van der Waals surface area contributed by atoms with Crippen LogP contribution in [-0.2, 0) is 9.59 Å². The molecule has 74 valence electrons. The zero-order chi connectivity index (χ0) is 10.2. The van der Waals surface area contributed by atoms with Crippen molar-refractivity contribution in [2.24, 2.45) is 0 Å². The van der Waals surface area contributed by atoms with Gasteiger partial charge in [-0.2, -0.15) is 17.6 Å². The molecule has 2 N–H and O–H groups in total. The number of aliphatic carboxylic acids is 2. The summed E-state index contributed by atoms with van der Waals surface area (Å²) >= 11 is 0. The zero-order valence-corrected chi connectivity index (χ0v) is 5.22. The summed E-state index contributed by atoms with van der Waals surface area (Å²) in [5.74, 6) is -17.6. The summed E-state index contributed by atoms with van der Waals surface area (Å²) in [4.78, 5) is 19.0. The van der Waals surface area contributed by atoms with Crippen molar-refractivity contribution in [3.05, 3.63) is 0 Å². The molecule has 0 aromatic heterocycles. The Labute approximate surface area is 99.0 Å². The van der Waals surface area contributed by atoms with Gasteiger partial charge < -0.3 is 10.2 Å². The topological polar surface area (TPSA) is 74.6 Å². The van der Waals surface area contributed by atoms with E-state index in [-0.39, 0.29) is 37.7 Å². The van der Waals surface area contributed by atoms with Gasteiger partial charge in [-0.05, 0) is 0 Å². The van der Waals surface area contributed by atoms with Crippen LogP contribution in [0.2, 0.25) is 0 Å². The molecule has 0 saturated heterocycles. The summed E-state index contributed by atoms with van der Waals surface area (Å²) in [7, 11) is 0. The van der Waals surface area contributed by atoms with Crippen LogP contribution in [0, 0.1) is 0 Å². The van der Waals surface area contributed by atoms with E-state index in [9.17, 15) is 27.2 Å². The van der Waals surface area contributed by atoms with Gasteiger partial charge in [0.05, 0.1) is 0 Å². The molecule has 0 atom stereocenters. The number of hydrogen-bond acceptors (Lipinski definition) is 2. The summed E-state index contributed by atoms with van der Waals surface area (Å²) in [5.41, 5.74) is 0. The summed E-state index contributed by atoms with van der Waals surface area (Å²) in [6, 6.07) is 0. The summed E-state index contributed by atoms with van der Waals surface area (Å²) in [6.07, 6.45) is 0. The van der Waals surface area contributed by atoms with E-state index in [1.54, 1.807) is 0 Å². The van der Waals surface area contributed by atoms with E-state index in [4.69, 9.17) is 10.2 Å². The Morgan fingerprint density at radius 3 is 1.00 bits per heavy atom. The molecule has 0 aromatic rings. The fourth-order valence-corrected chi connectivity index (χ4v) is 0.269. The van der Waals surface area contributed by atoms with Crippen molar-refractivity contribution < 1.29 is 37.4 Å². The molecule has 0 amide bonds. The number of carboxylic acid groups (broad SMARTS) is 2. The number of alkyl halides is 4. The first-order chi connectivity index (χ1) is 5.14. The van der Waals surface area contributed by atoms with Crippen LogP contribution >= 0.6 is 0 Å². The van der Waals surface area contributed by atoms with Crippen LogP contribution in [0.1, 0.15) is 0 Å². The van der Waals surface area contributed by atoms with Crippen molar-refractivity contribution in [3.63, 3.8) is 0 Å². The summed E-state index contributed by atoms with van der Waals surface area (Å²) in [5, 5.41) is 15.1. The predicted octanol–water partition coefficient (Wildman–Crippen LogP) is -0.871. The minimum absolute atomic E-state index is 0. The quantitative estimate of drug-likeness (QED) is 0.464. The van der Waals surface area contributed by atoms with E-state index in [0.717, 1.165) is 0 Å². The van der Waals surface area contributed by atoms with Gasteiger partial charge in [0.1, 0.15) is 0 Å². The molecular weight excluding hydrogens is 202 g/mol. The zero-order valence-electron chi connectivity index (χ0n) is 5.22. The maximum atomic E-state index is 11.8. The average molecular weight is 206 g/mol. The van der Waals surface area contributed by atoms with E-state index < -0.39 is 23.8 Å². The third-order valence-electron chi connectivity index (χ3n) is 0.932. The van der Waals surface area contributed by atoms with Crippen LogP contribution in [0.25, 0.3) is 0 Å². The van der Waals surface area contributed by atoms with Crippen molar-refractivity contribution >= 4 is 49.7 Å². The van der Waals surface area contributed by atoms with Gasteiger partial charge in [-0.15, -0.1) is 0 Å². The molecule has 0 saturated carbocycles. The van der Waals surface area contributed by atoms with Crippen molar-refractivity contribution in [2.45, 2.75) is 11.8 Å². The van der Waals surface area contributed by atoms with Crippen LogP contribution in [-0.4, -0.2) is 71.7 Å². The number of hydrogen-bond donors (Lipinski definition) is 2. The number of halogens is 4. The molecule has 4 nitrogen and oxygen atoms in total. The maximum absolute atomic E-state index is 11.8. The molecule has 0 fully saturated rings. The van der Waals surface area contributed by atoms with Gasteiger partial charge in [0.2, 0.25) is 0 Å². The molecule has 0 rings (SSSR count). The molecule has 14 heavy (non-hydrogen) atoms. The van der Waals surface area contributed by atoms with Crippen molar-refractivity contribution in [3.8, 4) is 0 Å². The summed E-state index contributed by atoms with van der Waals surface area (Å²) < 4.78 is 47.4. The molecule has 10 heteroatoms. The van der Waals surface area contributed by atoms with Gasteiger partial charge >= 0.3 is 61.5 Å². The number of carboxylic acids is 2. The van der Waals surface area contributed by atoms with E-state index in [2.05, 4.69) is 0 Å². The molecule has 0 aliphatic carbocycles. The molecule has 0 radical (unpaired) electrons. The second-order valence-electron chi connectivity index (χ2n) is 1.76. The third-order valence-corrected chi connectivity index (χ3v) is 0.932. The van der Waals surface area contributed by atoms with Crippen LogP contribution in [0.4, 0.5) is 17.6 Å². The normalized spacial score (nSPS) is 10.9. The number of rotatable bonds is 3. The van der Waals surface area contributed by atoms with Crippen LogP contribution < -0.4 is 0 Å². The van der Waals surface area contributed by atoms with Gasteiger partial charge in [0.25, 0.3) is 0 Å². The van der Waals surface area contributed by atoms with Crippen molar-refractivity contribution in [1.82, 2.24) is 0 Å². The van der Waals surface area contributed by atoms with E-state index in [1.807, 2.05) is 0 Å². The first-order valence-corrected chi connectivity index (χ1v) is 2.36.